The molecule has 0 unspecified atom stereocenters. The molecule has 1 aliphatic carbocycles. The molecule has 0 radical (unpaired) electrons. The highest BCUT2D eigenvalue weighted by Gasteiger charge is 2.50. The van der Waals surface area contributed by atoms with Crippen molar-refractivity contribution in [1.29, 1.82) is 0 Å². The standard InChI is InChI=1S/C26H24ClFN4O2/c1-26(2)33-22-16(6-5-14-10-19(28)17-13-18(27)24(29)31-20(17)11-14)12-21(23(22)34-26)32-9-7-15-4-3-8-30-25(15)32/h3-4,7-13,21-23H,5-6H2,1-2H3,(H2,29,31)/t21-,22-,23+/m1/s1. The summed E-state index contributed by atoms with van der Waals surface area (Å²) in [4.78, 5) is 8.84. The van der Waals surface area contributed by atoms with Crippen LogP contribution in [0.25, 0.3) is 21.9 Å². The average molecular weight is 479 g/mol. The second-order valence-corrected chi connectivity index (χ2v) is 9.80. The maximum Gasteiger partial charge on any atom is 0.164 e. The largest absolute Gasteiger partial charge is 0.382 e. The lowest BCUT2D eigenvalue weighted by Gasteiger charge is -2.22. The quantitative estimate of drug-likeness (QED) is 0.387. The van der Waals surface area contributed by atoms with Gasteiger partial charge in [0.25, 0.3) is 0 Å². The number of halogens is 2. The van der Waals surface area contributed by atoms with Gasteiger partial charge in [0.1, 0.15) is 29.5 Å². The summed E-state index contributed by atoms with van der Waals surface area (Å²) in [6.45, 7) is 3.87. The maximum atomic E-state index is 14.8. The van der Waals surface area contributed by atoms with E-state index in [1.807, 2.05) is 38.2 Å². The molecule has 2 N–H and O–H groups in total. The fourth-order valence-corrected chi connectivity index (χ4v) is 5.29. The molecule has 3 aromatic heterocycles. The first kappa shape index (κ1) is 21.5. The summed E-state index contributed by atoms with van der Waals surface area (Å²) in [5, 5.41) is 1.70. The van der Waals surface area contributed by atoms with Crippen molar-refractivity contribution in [2.24, 2.45) is 0 Å². The molecule has 174 valence electrons. The summed E-state index contributed by atoms with van der Waals surface area (Å²) in [5.41, 5.74) is 9.22. The van der Waals surface area contributed by atoms with Crippen molar-refractivity contribution in [3.8, 4) is 0 Å². The molecular formula is C26H24ClFN4O2. The number of anilines is 1. The van der Waals surface area contributed by atoms with Crippen molar-refractivity contribution in [2.45, 2.75) is 50.7 Å². The van der Waals surface area contributed by atoms with Gasteiger partial charge >= 0.3 is 0 Å². The number of benzene rings is 1. The van der Waals surface area contributed by atoms with Gasteiger partial charge in [0.15, 0.2) is 5.79 Å². The highest BCUT2D eigenvalue weighted by molar-refractivity contribution is 6.33. The van der Waals surface area contributed by atoms with E-state index < -0.39 is 5.79 Å². The first-order chi connectivity index (χ1) is 16.3. The third-order valence-electron chi connectivity index (χ3n) is 6.64. The molecule has 4 aromatic rings. The molecule has 1 fully saturated rings. The molecule has 0 bridgehead atoms. The Kier molecular flexibility index (Phi) is 4.92. The summed E-state index contributed by atoms with van der Waals surface area (Å²) in [7, 11) is 0. The van der Waals surface area contributed by atoms with Crippen LogP contribution in [0.2, 0.25) is 5.02 Å². The molecular weight excluding hydrogens is 455 g/mol. The van der Waals surface area contributed by atoms with E-state index >= 15 is 0 Å². The minimum absolute atomic E-state index is 0.0360. The molecule has 1 aromatic carbocycles. The van der Waals surface area contributed by atoms with Crippen LogP contribution < -0.4 is 5.73 Å². The van der Waals surface area contributed by atoms with Gasteiger partial charge in [-0.3, -0.25) is 0 Å². The number of pyridine rings is 2. The van der Waals surface area contributed by atoms with Crippen molar-refractivity contribution >= 4 is 39.4 Å². The van der Waals surface area contributed by atoms with Crippen molar-refractivity contribution in [1.82, 2.24) is 14.5 Å². The Balaban J connectivity index is 1.32. The number of nitrogen functional groups attached to an aromatic ring is 1. The number of hydrogen-bond acceptors (Lipinski definition) is 5. The molecule has 2 aliphatic rings. The summed E-state index contributed by atoms with van der Waals surface area (Å²) in [6, 6.07) is 10.9. The Labute approximate surface area is 201 Å². The van der Waals surface area contributed by atoms with Crippen molar-refractivity contribution in [2.75, 3.05) is 5.73 Å². The molecule has 34 heavy (non-hydrogen) atoms. The molecule has 0 spiro atoms. The van der Waals surface area contributed by atoms with E-state index in [0.29, 0.717) is 23.7 Å². The smallest absolute Gasteiger partial charge is 0.164 e. The fourth-order valence-electron chi connectivity index (χ4n) is 5.14. The van der Waals surface area contributed by atoms with Crippen LogP contribution in [0.5, 0.6) is 0 Å². The number of aromatic nitrogens is 3. The third kappa shape index (κ3) is 3.55. The zero-order valence-corrected chi connectivity index (χ0v) is 19.6. The van der Waals surface area contributed by atoms with Crippen molar-refractivity contribution < 1.29 is 13.9 Å². The van der Waals surface area contributed by atoms with Gasteiger partial charge < -0.3 is 19.8 Å². The molecule has 1 saturated heterocycles. The van der Waals surface area contributed by atoms with Crippen LogP contribution in [0.15, 0.2) is 60.4 Å². The Morgan fingerprint density at radius 3 is 2.88 bits per heavy atom. The summed E-state index contributed by atoms with van der Waals surface area (Å²) in [6.07, 6.45) is 7.08. The number of rotatable bonds is 4. The molecule has 1 aliphatic heterocycles. The Hall–Kier alpha value is -3.00. The van der Waals surface area contributed by atoms with E-state index in [4.69, 9.17) is 26.8 Å². The average Bonchev–Trinajstić information content (AvgIpc) is 3.44. The third-order valence-corrected chi connectivity index (χ3v) is 6.94. The Morgan fingerprint density at radius 2 is 2.03 bits per heavy atom. The Bertz CT molecular complexity index is 1460. The van der Waals surface area contributed by atoms with Gasteiger partial charge in [-0.1, -0.05) is 17.7 Å². The van der Waals surface area contributed by atoms with Crippen LogP contribution in [-0.4, -0.2) is 32.5 Å². The highest BCUT2D eigenvalue weighted by Crippen LogP contribution is 2.45. The zero-order chi connectivity index (χ0) is 23.6. The van der Waals surface area contributed by atoms with Crippen molar-refractivity contribution in [3.05, 3.63) is 76.8 Å². The molecule has 3 atom stereocenters. The van der Waals surface area contributed by atoms with E-state index in [9.17, 15) is 4.39 Å². The zero-order valence-electron chi connectivity index (χ0n) is 18.8. The minimum Gasteiger partial charge on any atom is -0.382 e. The summed E-state index contributed by atoms with van der Waals surface area (Å²) >= 11 is 6.02. The molecule has 8 heteroatoms. The van der Waals surface area contributed by atoms with E-state index in [1.165, 1.54) is 6.07 Å². The van der Waals surface area contributed by atoms with Gasteiger partial charge in [0.05, 0.1) is 16.6 Å². The predicted molar refractivity (Wildman–Crippen MR) is 130 cm³/mol. The van der Waals surface area contributed by atoms with Crippen molar-refractivity contribution in [3.63, 3.8) is 0 Å². The second-order valence-electron chi connectivity index (χ2n) is 9.39. The normalized spacial score (nSPS) is 23.5. The number of nitrogens with zero attached hydrogens (tertiary/aromatic N) is 3. The van der Waals surface area contributed by atoms with E-state index in [-0.39, 0.29) is 34.9 Å². The number of hydrogen-bond donors (Lipinski definition) is 1. The lowest BCUT2D eigenvalue weighted by atomic mass is 10.0. The van der Waals surface area contributed by atoms with E-state index in [1.54, 1.807) is 12.3 Å². The van der Waals surface area contributed by atoms with Gasteiger partial charge in [-0.2, -0.15) is 0 Å². The fraction of sp³-hybridized carbons (Fsp3) is 0.308. The first-order valence-corrected chi connectivity index (χ1v) is 11.7. The van der Waals surface area contributed by atoms with E-state index in [0.717, 1.165) is 22.2 Å². The lowest BCUT2D eigenvalue weighted by Crippen LogP contribution is -2.27. The first-order valence-electron chi connectivity index (χ1n) is 11.3. The van der Waals surface area contributed by atoms with Gasteiger partial charge in [-0.15, -0.1) is 0 Å². The van der Waals surface area contributed by atoms with Crippen LogP contribution >= 0.6 is 11.6 Å². The summed E-state index contributed by atoms with van der Waals surface area (Å²) in [5.74, 6) is -0.843. The molecule has 6 rings (SSSR count). The van der Waals surface area contributed by atoms with Crippen LogP contribution in [0, 0.1) is 5.82 Å². The minimum atomic E-state index is -0.681. The summed E-state index contributed by atoms with van der Waals surface area (Å²) < 4.78 is 29.5. The molecule has 0 amide bonds. The van der Waals surface area contributed by atoms with E-state index in [2.05, 4.69) is 26.7 Å². The lowest BCUT2D eigenvalue weighted by molar-refractivity contribution is -0.147. The predicted octanol–water partition coefficient (Wildman–Crippen LogP) is 5.59. The van der Waals surface area contributed by atoms with Crippen LogP contribution in [0.3, 0.4) is 0 Å². The molecule has 0 saturated carbocycles. The topological polar surface area (TPSA) is 75.2 Å². The number of fused-ring (bicyclic) bond motifs is 3. The number of nitrogens with two attached hydrogens (primary N) is 1. The SMILES string of the molecule is CC1(C)O[C@@H]2[C@H](O1)C(CCc1cc(F)c3cc(Cl)c(N)nc3c1)=C[C@H]2n1ccc2cccnc21. The van der Waals surface area contributed by atoms with Crippen LogP contribution in [0.1, 0.15) is 31.9 Å². The van der Waals surface area contributed by atoms with Crippen LogP contribution in [0.4, 0.5) is 10.2 Å². The number of aryl methyl sites for hydroxylation is 1. The monoisotopic (exact) mass is 478 g/mol. The number of ether oxygens (including phenoxy) is 2. The maximum absolute atomic E-state index is 14.8. The van der Waals surface area contributed by atoms with Gasteiger partial charge in [0.2, 0.25) is 0 Å². The van der Waals surface area contributed by atoms with Gasteiger partial charge in [0, 0.05) is 23.2 Å². The molecule has 6 nitrogen and oxygen atoms in total. The second kappa shape index (κ2) is 7.77. The highest BCUT2D eigenvalue weighted by atomic mass is 35.5. The van der Waals surface area contributed by atoms with Gasteiger partial charge in [-0.05, 0) is 74.2 Å². The van der Waals surface area contributed by atoms with Gasteiger partial charge in [-0.25, -0.2) is 14.4 Å². The van der Waals surface area contributed by atoms with Crippen LogP contribution in [-0.2, 0) is 15.9 Å². The Morgan fingerprint density at radius 1 is 1.18 bits per heavy atom. The molecule has 4 heterocycles.